The molecule has 3 N–H and O–H groups in total. The highest BCUT2D eigenvalue weighted by Gasteiger charge is 2.61. The van der Waals surface area contributed by atoms with Gasteiger partial charge in [-0.1, -0.05) is 18.2 Å². The van der Waals surface area contributed by atoms with Crippen LogP contribution in [0.1, 0.15) is 18.4 Å². The molecule has 1 saturated carbocycles. The molecule has 1 amide bonds. The summed E-state index contributed by atoms with van der Waals surface area (Å²) in [6.07, 6.45) is 0.184. The normalized spacial score (nSPS) is 23.0. The lowest BCUT2D eigenvalue weighted by molar-refractivity contribution is -0.192. The van der Waals surface area contributed by atoms with E-state index in [1.165, 1.54) is 0 Å². The number of piperidine rings is 1. The summed E-state index contributed by atoms with van der Waals surface area (Å²) in [6, 6.07) is 3.84. The number of carbonyl (C=O) groups excluding carboxylic acids is 1. The summed E-state index contributed by atoms with van der Waals surface area (Å²) in [5, 5.41) is 13.5. The van der Waals surface area contributed by atoms with Gasteiger partial charge >= 0.3 is 12.1 Å². The summed E-state index contributed by atoms with van der Waals surface area (Å²) < 4.78 is 43.5. The first-order valence-electron chi connectivity index (χ1n) is 9.92. The number of fused-ring (bicyclic) bond motifs is 1. The van der Waals surface area contributed by atoms with Crippen LogP contribution in [-0.4, -0.2) is 60.0 Å². The number of aliphatic carboxylic acids is 1. The Kier molecular flexibility index (Phi) is 9.58. The van der Waals surface area contributed by atoms with Gasteiger partial charge in [-0.3, -0.25) is 4.79 Å². The van der Waals surface area contributed by atoms with Crippen LogP contribution in [0.4, 0.5) is 19.0 Å². The number of hydrogen-bond donors (Lipinski definition) is 3. The second-order valence-corrected chi connectivity index (χ2v) is 8.40. The number of hydrogen-bond acceptors (Lipinski definition) is 6. The van der Waals surface area contributed by atoms with Crippen molar-refractivity contribution in [2.45, 2.75) is 37.7 Å². The molecule has 3 rings (SSSR count). The molecule has 0 spiro atoms. The Bertz CT molecular complexity index is 883. The molecule has 33 heavy (non-hydrogen) atoms. The van der Waals surface area contributed by atoms with Crippen LogP contribution in [0, 0.1) is 5.41 Å². The van der Waals surface area contributed by atoms with E-state index >= 15 is 0 Å². The molecule has 1 aliphatic carbocycles. The molecule has 1 aromatic heterocycles. The number of nitrogens with one attached hydrogen (secondary N) is 2. The molecule has 2 aliphatic rings. The SMILES string of the molecule is C=CCOCc1ccc(Br)nc1NC(=O)[C@@H]1C[C@]2(COCC=C)C[C@@H]2N1.O=C(O)C(F)(F)F. The fourth-order valence-electron chi connectivity index (χ4n) is 3.39. The quantitative estimate of drug-likeness (QED) is 0.239. The van der Waals surface area contributed by atoms with E-state index in [1.54, 1.807) is 12.2 Å². The van der Waals surface area contributed by atoms with Crippen molar-refractivity contribution in [1.29, 1.82) is 0 Å². The summed E-state index contributed by atoms with van der Waals surface area (Å²) in [5.41, 5.74) is 0.918. The fourth-order valence-corrected chi connectivity index (χ4v) is 3.70. The van der Waals surface area contributed by atoms with E-state index < -0.39 is 12.1 Å². The number of halogens is 4. The van der Waals surface area contributed by atoms with Crippen molar-refractivity contribution in [3.05, 3.63) is 47.6 Å². The van der Waals surface area contributed by atoms with Crippen LogP contribution in [0.3, 0.4) is 0 Å². The first kappa shape index (κ1) is 27.0. The number of carbonyl (C=O) groups is 2. The van der Waals surface area contributed by atoms with Crippen LogP contribution < -0.4 is 10.6 Å². The maximum atomic E-state index is 12.7. The van der Waals surface area contributed by atoms with E-state index in [-0.39, 0.29) is 17.4 Å². The number of aromatic nitrogens is 1. The molecule has 0 aromatic carbocycles. The van der Waals surface area contributed by atoms with Gasteiger partial charge in [0.15, 0.2) is 0 Å². The molecule has 2 heterocycles. The molecular weight excluding hydrogens is 511 g/mol. The number of pyridine rings is 1. The third kappa shape index (κ3) is 7.91. The Morgan fingerprint density at radius 2 is 1.91 bits per heavy atom. The third-order valence-electron chi connectivity index (χ3n) is 5.07. The molecular formula is C21H25BrF3N3O5. The van der Waals surface area contributed by atoms with Gasteiger partial charge in [0.2, 0.25) is 5.91 Å². The van der Waals surface area contributed by atoms with Gasteiger partial charge in [0.05, 0.1) is 32.5 Å². The van der Waals surface area contributed by atoms with Gasteiger partial charge < -0.3 is 25.2 Å². The molecule has 3 atom stereocenters. The highest BCUT2D eigenvalue weighted by atomic mass is 79.9. The fraction of sp³-hybridized carbons (Fsp3) is 0.476. The topological polar surface area (TPSA) is 110 Å². The number of carboxylic acids is 1. The van der Waals surface area contributed by atoms with Crippen LogP contribution in [-0.2, 0) is 25.7 Å². The predicted octanol–water partition coefficient (Wildman–Crippen LogP) is 3.44. The largest absolute Gasteiger partial charge is 0.490 e. The van der Waals surface area contributed by atoms with E-state index in [2.05, 4.69) is 44.7 Å². The van der Waals surface area contributed by atoms with Crippen LogP contribution in [0.15, 0.2) is 42.0 Å². The van der Waals surface area contributed by atoms with Crippen molar-refractivity contribution >= 4 is 33.6 Å². The number of ether oxygens (including phenoxy) is 2. The summed E-state index contributed by atoms with van der Waals surface area (Å²) in [6.45, 7) is 9.31. The van der Waals surface area contributed by atoms with E-state index in [4.69, 9.17) is 19.4 Å². The van der Waals surface area contributed by atoms with Crippen molar-refractivity contribution in [3.63, 3.8) is 0 Å². The van der Waals surface area contributed by atoms with Gasteiger partial charge in [0.1, 0.15) is 10.4 Å². The minimum Gasteiger partial charge on any atom is -0.475 e. The van der Waals surface area contributed by atoms with Crippen molar-refractivity contribution in [1.82, 2.24) is 10.3 Å². The number of amides is 1. The number of rotatable bonds is 10. The zero-order valence-corrected chi connectivity index (χ0v) is 19.2. The van der Waals surface area contributed by atoms with Crippen molar-refractivity contribution < 1.29 is 37.3 Å². The molecule has 0 radical (unpaired) electrons. The number of anilines is 1. The summed E-state index contributed by atoms with van der Waals surface area (Å²) in [4.78, 5) is 26.0. The Hall–Kier alpha value is -2.28. The lowest BCUT2D eigenvalue weighted by atomic mass is 10.0. The van der Waals surface area contributed by atoms with Gasteiger partial charge in [-0.15, -0.1) is 13.2 Å². The second kappa shape index (κ2) is 11.7. The predicted molar refractivity (Wildman–Crippen MR) is 118 cm³/mol. The average molecular weight is 536 g/mol. The van der Waals surface area contributed by atoms with Gasteiger partial charge in [0, 0.05) is 17.0 Å². The Labute approximate surface area is 197 Å². The highest BCUT2D eigenvalue weighted by Crippen LogP contribution is 2.54. The van der Waals surface area contributed by atoms with Gasteiger partial charge in [-0.2, -0.15) is 13.2 Å². The van der Waals surface area contributed by atoms with E-state index in [1.807, 2.05) is 12.1 Å². The summed E-state index contributed by atoms with van der Waals surface area (Å²) in [7, 11) is 0. The van der Waals surface area contributed by atoms with Crippen LogP contribution in [0.25, 0.3) is 0 Å². The van der Waals surface area contributed by atoms with E-state index in [0.29, 0.717) is 42.9 Å². The highest BCUT2D eigenvalue weighted by molar-refractivity contribution is 9.10. The van der Waals surface area contributed by atoms with Gasteiger partial charge in [-0.05, 0) is 34.8 Å². The molecule has 0 bridgehead atoms. The Morgan fingerprint density at radius 1 is 1.27 bits per heavy atom. The number of nitrogens with zero attached hydrogens (tertiary/aromatic N) is 1. The van der Waals surface area contributed by atoms with Gasteiger partial charge in [0.25, 0.3) is 0 Å². The van der Waals surface area contributed by atoms with Crippen LogP contribution >= 0.6 is 15.9 Å². The molecule has 1 saturated heterocycles. The minimum absolute atomic E-state index is 0.0733. The smallest absolute Gasteiger partial charge is 0.475 e. The van der Waals surface area contributed by atoms with Gasteiger partial charge in [-0.25, -0.2) is 9.78 Å². The number of alkyl halides is 3. The average Bonchev–Trinajstić information content (AvgIpc) is 3.29. The first-order valence-corrected chi connectivity index (χ1v) is 10.7. The Morgan fingerprint density at radius 3 is 2.52 bits per heavy atom. The molecule has 1 aromatic rings. The third-order valence-corrected chi connectivity index (χ3v) is 5.51. The summed E-state index contributed by atoms with van der Waals surface area (Å²) in [5.74, 6) is -2.31. The second-order valence-electron chi connectivity index (χ2n) is 7.58. The molecule has 8 nitrogen and oxygen atoms in total. The Balaban J connectivity index is 0.000000479. The zero-order valence-electron chi connectivity index (χ0n) is 17.7. The monoisotopic (exact) mass is 535 g/mol. The van der Waals surface area contributed by atoms with Crippen molar-refractivity contribution in [2.75, 3.05) is 25.1 Å². The molecule has 12 heteroatoms. The first-order chi connectivity index (χ1) is 15.5. The lowest BCUT2D eigenvalue weighted by Crippen LogP contribution is -2.38. The number of carboxylic acid groups (broad SMARTS) is 1. The molecule has 1 aliphatic heterocycles. The zero-order chi connectivity index (χ0) is 24.6. The van der Waals surface area contributed by atoms with E-state index in [0.717, 1.165) is 18.4 Å². The molecule has 0 unspecified atom stereocenters. The minimum atomic E-state index is -5.08. The van der Waals surface area contributed by atoms with Crippen LogP contribution in [0.2, 0.25) is 0 Å². The molecule has 182 valence electrons. The van der Waals surface area contributed by atoms with Crippen molar-refractivity contribution in [2.24, 2.45) is 5.41 Å². The van der Waals surface area contributed by atoms with Crippen molar-refractivity contribution in [3.8, 4) is 0 Å². The maximum absolute atomic E-state index is 12.7. The molecule has 2 fully saturated rings. The maximum Gasteiger partial charge on any atom is 0.490 e. The van der Waals surface area contributed by atoms with E-state index in [9.17, 15) is 18.0 Å². The lowest BCUT2D eigenvalue weighted by Gasteiger charge is -2.17. The summed E-state index contributed by atoms with van der Waals surface area (Å²) >= 11 is 3.35. The van der Waals surface area contributed by atoms with Crippen LogP contribution in [0.5, 0.6) is 0 Å². The standard InChI is InChI=1S/C19H24BrN3O3.C2HF3O2/c1-3-7-25-11-13-5-6-16(20)22-17(13)23-18(24)14-9-19(10-15(19)21-14)12-26-8-4-2;3-2(4,5)1(6)7/h3-6,14-15,21H,1-2,7-12H2,(H,22,23,24);(H,6,7)/t14-,15-,19+;/m0./s1.